The topological polar surface area (TPSA) is 30.5 Å². The van der Waals surface area contributed by atoms with E-state index in [1.54, 1.807) is 18.2 Å². The van der Waals surface area contributed by atoms with Gasteiger partial charge in [0.05, 0.1) is 6.61 Å². The molecule has 1 heterocycles. The van der Waals surface area contributed by atoms with Crippen molar-refractivity contribution >= 4 is 0 Å². The third kappa shape index (κ3) is 3.88. The highest BCUT2D eigenvalue weighted by Gasteiger charge is 2.24. The Hall–Kier alpha value is -1.20. The van der Waals surface area contributed by atoms with E-state index >= 15 is 0 Å². The molecule has 1 N–H and O–H groups in total. The number of rotatable bonds is 5. The first kappa shape index (κ1) is 14.2. The summed E-state index contributed by atoms with van der Waals surface area (Å²) in [6.07, 6.45) is 2.11. The lowest BCUT2D eigenvalue weighted by molar-refractivity contribution is -0.0499. The van der Waals surface area contributed by atoms with Crippen LogP contribution in [0, 0.1) is 5.92 Å². The second-order valence-corrected chi connectivity index (χ2v) is 4.69. The predicted molar refractivity (Wildman–Crippen MR) is 68.4 cm³/mol. The van der Waals surface area contributed by atoms with Crippen molar-refractivity contribution in [2.75, 3.05) is 20.3 Å². The molecule has 0 bridgehead atoms. The summed E-state index contributed by atoms with van der Waals surface area (Å²) >= 11 is 0. The molecule has 3 nitrogen and oxygen atoms in total. The average Bonchev–Trinajstić information content (AvgIpc) is 2.40. The highest BCUT2D eigenvalue weighted by atomic mass is 19.3. The average molecular weight is 271 g/mol. The minimum absolute atomic E-state index is 0.0986. The van der Waals surface area contributed by atoms with Gasteiger partial charge in [0, 0.05) is 18.6 Å². The smallest absolute Gasteiger partial charge is 0.387 e. The van der Waals surface area contributed by atoms with Gasteiger partial charge in [-0.3, -0.25) is 0 Å². The first-order valence-corrected chi connectivity index (χ1v) is 6.50. The van der Waals surface area contributed by atoms with Crippen LogP contribution in [-0.2, 0) is 4.74 Å². The van der Waals surface area contributed by atoms with Crippen LogP contribution in [0.2, 0.25) is 0 Å². The Labute approximate surface area is 111 Å². The minimum atomic E-state index is -2.79. The number of benzene rings is 1. The van der Waals surface area contributed by atoms with Crippen LogP contribution in [0.4, 0.5) is 8.78 Å². The first-order valence-electron chi connectivity index (χ1n) is 6.50. The van der Waals surface area contributed by atoms with Gasteiger partial charge in [0.25, 0.3) is 0 Å². The van der Waals surface area contributed by atoms with Gasteiger partial charge in [-0.1, -0.05) is 12.1 Å². The molecular formula is C14H19F2NO2. The maximum atomic E-state index is 12.2. The standard InChI is InChI=1S/C14H19F2NO2/c1-17-13(11-5-3-7-18-9-11)10-4-2-6-12(8-10)19-14(15)16/h2,4,6,8,11,13-14,17H,3,5,7,9H2,1H3. The molecule has 2 atom stereocenters. The summed E-state index contributed by atoms with van der Waals surface area (Å²) in [6.45, 7) is -1.28. The van der Waals surface area contributed by atoms with Gasteiger partial charge in [-0.15, -0.1) is 0 Å². The van der Waals surface area contributed by atoms with Gasteiger partial charge in [0.2, 0.25) is 0 Å². The molecule has 1 aliphatic heterocycles. The molecule has 2 rings (SSSR count). The van der Waals surface area contributed by atoms with Crippen molar-refractivity contribution in [3.63, 3.8) is 0 Å². The quantitative estimate of drug-likeness (QED) is 0.893. The van der Waals surface area contributed by atoms with E-state index < -0.39 is 6.61 Å². The van der Waals surface area contributed by atoms with Gasteiger partial charge in [-0.2, -0.15) is 8.78 Å². The Balaban J connectivity index is 2.12. The van der Waals surface area contributed by atoms with Crippen LogP contribution in [0.5, 0.6) is 5.75 Å². The summed E-state index contributed by atoms with van der Waals surface area (Å²) in [5, 5.41) is 3.25. The Morgan fingerprint density at radius 3 is 2.89 bits per heavy atom. The molecule has 0 radical (unpaired) electrons. The van der Waals surface area contributed by atoms with Gasteiger partial charge in [0.15, 0.2) is 0 Å². The summed E-state index contributed by atoms with van der Waals surface area (Å²) in [5.41, 5.74) is 0.955. The summed E-state index contributed by atoms with van der Waals surface area (Å²) in [6, 6.07) is 6.97. The Morgan fingerprint density at radius 1 is 1.42 bits per heavy atom. The van der Waals surface area contributed by atoms with Crippen LogP contribution in [-0.4, -0.2) is 26.9 Å². The van der Waals surface area contributed by atoms with Gasteiger partial charge >= 0.3 is 6.61 Å². The number of hydrogen-bond donors (Lipinski definition) is 1. The molecule has 0 amide bonds. The minimum Gasteiger partial charge on any atom is -0.435 e. The molecule has 1 aromatic rings. The number of alkyl halides is 2. The van der Waals surface area contributed by atoms with E-state index in [0.29, 0.717) is 12.5 Å². The number of halogens is 2. The first-order chi connectivity index (χ1) is 9.20. The monoisotopic (exact) mass is 271 g/mol. The van der Waals surface area contributed by atoms with Crippen LogP contribution in [0.1, 0.15) is 24.4 Å². The highest BCUT2D eigenvalue weighted by Crippen LogP contribution is 2.30. The molecule has 1 fully saturated rings. The Morgan fingerprint density at radius 2 is 2.26 bits per heavy atom. The lowest BCUT2D eigenvalue weighted by Crippen LogP contribution is -2.31. The predicted octanol–water partition coefficient (Wildman–Crippen LogP) is 2.98. The highest BCUT2D eigenvalue weighted by molar-refractivity contribution is 5.31. The zero-order valence-electron chi connectivity index (χ0n) is 10.9. The Bertz CT molecular complexity index is 395. The normalized spacial score (nSPS) is 21.4. The summed E-state index contributed by atoms with van der Waals surface area (Å²) in [5.74, 6) is 0.560. The van der Waals surface area contributed by atoms with E-state index in [4.69, 9.17) is 4.74 Å². The zero-order valence-corrected chi connectivity index (χ0v) is 10.9. The molecule has 106 valence electrons. The van der Waals surface area contributed by atoms with Crippen molar-refractivity contribution in [1.82, 2.24) is 5.32 Å². The van der Waals surface area contributed by atoms with Crippen molar-refractivity contribution in [3.8, 4) is 5.75 Å². The van der Waals surface area contributed by atoms with E-state index in [2.05, 4.69) is 10.1 Å². The lowest BCUT2D eigenvalue weighted by Gasteiger charge is -2.30. The van der Waals surface area contributed by atoms with Gasteiger partial charge in [-0.25, -0.2) is 0 Å². The number of nitrogens with one attached hydrogen (secondary N) is 1. The molecule has 0 aliphatic carbocycles. The van der Waals surface area contributed by atoms with Gasteiger partial charge < -0.3 is 14.8 Å². The van der Waals surface area contributed by atoms with E-state index in [9.17, 15) is 8.78 Å². The molecule has 1 aromatic carbocycles. The van der Waals surface area contributed by atoms with E-state index in [0.717, 1.165) is 25.0 Å². The Kier molecular flexibility index (Phi) is 5.10. The van der Waals surface area contributed by atoms with Crippen LogP contribution in [0.25, 0.3) is 0 Å². The largest absolute Gasteiger partial charge is 0.435 e. The van der Waals surface area contributed by atoms with Crippen LogP contribution >= 0.6 is 0 Å². The second-order valence-electron chi connectivity index (χ2n) is 4.69. The van der Waals surface area contributed by atoms with Gasteiger partial charge in [-0.05, 0) is 37.6 Å². The molecule has 19 heavy (non-hydrogen) atoms. The maximum Gasteiger partial charge on any atom is 0.387 e. The van der Waals surface area contributed by atoms with E-state index in [1.165, 1.54) is 0 Å². The van der Waals surface area contributed by atoms with Crippen LogP contribution < -0.4 is 10.1 Å². The molecule has 0 spiro atoms. The van der Waals surface area contributed by atoms with Crippen molar-refractivity contribution in [2.24, 2.45) is 5.92 Å². The van der Waals surface area contributed by atoms with Crippen molar-refractivity contribution < 1.29 is 18.3 Å². The molecule has 2 unspecified atom stereocenters. The van der Waals surface area contributed by atoms with Crippen molar-refractivity contribution in [3.05, 3.63) is 29.8 Å². The van der Waals surface area contributed by atoms with Crippen molar-refractivity contribution in [1.29, 1.82) is 0 Å². The molecule has 0 saturated carbocycles. The molecule has 1 saturated heterocycles. The number of hydrogen-bond acceptors (Lipinski definition) is 3. The molecule has 1 aliphatic rings. The van der Waals surface area contributed by atoms with E-state index in [-0.39, 0.29) is 11.8 Å². The summed E-state index contributed by atoms with van der Waals surface area (Å²) in [7, 11) is 1.87. The third-order valence-electron chi connectivity index (χ3n) is 3.42. The van der Waals surface area contributed by atoms with E-state index in [1.807, 2.05) is 13.1 Å². The van der Waals surface area contributed by atoms with Crippen molar-refractivity contribution in [2.45, 2.75) is 25.5 Å². The fourth-order valence-electron chi connectivity index (χ4n) is 2.59. The molecule has 5 heteroatoms. The molecular weight excluding hydrogens is 252 g/mol. The third-order valence-corrected chi connectivity index (χ3v) is 3.42. The van der Waals surface area contributed by atoms with Gasteiger partial charge in [0.1, 0.15) is 5.75 Å². The fraction of sp³-hybridized carbons (Fsp3) is 0.571. The lowest BCUT2D eigenvalue weighted by atomic mass is 9.89. The zero-order chi connectivity index (χ0) is 13.7. The second kappa shape index (κ2) is 6.82. The maximum absolute atomic E-state index is 12.2. The fourth-order valence-corrected chi connectivity index (χ4v) is 2.59. The van der Waals surface area contributed by atoms with Crippen LogP contribution in [0.3, 0.4) is 0 Å². The summed E-state index contributed by atoms with van der Waals surface area (Å²) in [4.78, 5) is 0. The SMILES string of the molecule is CNC(c1cccc(OC(F)F)c1)C1CCCOC1. The molecule has 0 aromatic heterocycles. The summed E-state index contributed by atoms with van der Waals surface area (Å²) < 4.78 is 34.4. The van der Waals surface area contributed by atoms with Crippen LogP contribution in [0.15, 0.2) is 24.3 Å². The number of ether oxygens (including phenoxy) is 2.